The van der Waals surface area contributed by atoms with E-state index in [0.29, 0.717) is 30.5 Å². The number of esters is 1. The number of ether oxygens (including phenoxy) is 1. The number of rotatable bonds is 8. The van der Waals surface area contributed by atoms with Gasteiger partial charge in [0.15, 0.2) is 5.69 Å². The van der Waals surface area contributed by atoms with Gasteiger partial charge in [-0.1, -0.05) is 12.1 Å². The van der Waals surface area contributed by atoms with Crippen LogP contribution in [0.2, 0.25) is 0 Å². The molecule has 1 aliphatic carbocycles. The molecular weight excluding hydrogens is 639 g/mol. The van der Waals surface area contributed by atoms with Gasteiger partial charge in [0.1, 0.15) is 29.2 Å². The predicted octanol–water partition coefficient (Wildman–Crippen LogP) is 1.52. The number of fused-ring (bicyclic) bond motifs is 2. The Labute approximate surface area is 270 Å². The number of anilines is 2. The van der Waals surface area contributed by atoms with Crippen LogP contribution in [0, 0.1) is 5.82 Å². The third kappa shape index (κ3) is 6.92. The number of aromatic nitrogens is 4. The van der Waals surface area contributed by atoms with Crippen molar-refractivity contribution in [2.45, 2.75) is 32.0 Å². The van der Waals surface area contributed by atoms with E-state index in [1.165, 1.54) is 19.5 Å². The molecule has 0 bridgehead atoms. The fourth-order valence-corrected chi connectivity index (χ4v) is 4.98. The molecule has 1 atom stereocenters. The number of aryl methyl sites for hydroxylation is 1. The number of aromatic carboxylic acids is 1. The van der Waals surface area contributed by atoms with E-state index in [1.54, 1.807) is 30.3 Å². The minimum Gasteiger partial charge on any atom is -0.477 e. The number of hydrogen-bond acceptors (Lipinski definition) is 12. The Bertz CT molecular complexity index is 2080. The van der Waals surface area contributed by atoms with Crippen LogP contribution in [0.25, 0.3) is 5.78 Å². The van der Waals surface area contributed by atoms with Gasteiger partial charge in [-0.15, -0.1) is 12.4 Å². The number of nitrogens with one attached hydrogen (secondary N) is 2. The van der Waals surface area contributed by atoms with Crippen molar-refractivity contribution in [3.63, 3.8) is 0 Å². The standard InChI is InChI=1S/C18H15N5O5.C12H12FN3O2.ClH/c1-28-17(27)10-2-4-11-9(6-10)3-5-12(11)21-15(24)13-7-14(16(25)26)23-18(22-13)19-8-20-23;13-8-2-1-6(4-14)3-7(8)5-16-10-9(15)11(17)12(10)18;/h2,4,6-8,12H,3,5H2,1H3,(H,21,24)(H,25,26);1-3,16H,4-5,14-15H2;1H/t12-;;/m0../s1. The van der Waals surface area contributed by atoms with E-state index < -0.39 is 34.5 Å². The van der Waals surface area contributed by atoms with Crippen LogP contribution < -0.4 is 33.0 Å². The molecule has 6 rings (SSSR count). The van der Waals surface area contributed by atoms with Gasteiger partial charge in [0.2, 0.25) is 0 Å². The van der Waals surface area contributed by atoms with Crippen LogP contribution in [-0.4, -0.2) is 49.6 Å². The van der Waals surface area contributed by atoms with E-state index >= 15 is 0 Å². The molecule has 17 heteroatoms. The van der Waals surface area contributed by atoms with Gasteiger partial charge in [0, 0.05) is 24.7 Å². The summed E-state index contributed by atoms with van der Waals surface area (Å²) < 4.78 is 19.2. The first-order valence-electron chi connectivity index (χ1n) is 13.8. The number of nitrogens with zero attached hydrogens (tertiary/aromatic N) is 4. The van der Waals surface area contributed by atoms with Crippen molar-refractivity contribution in [3.8, 4) is 0 Å². The molecule has 47 heavy (non-hydrogen) atoms. The first kappa shape index (κ1) is 34.1. The molecule has 2 heterocycles. The molecular formula is C30H28ClFN8O7. The third-order valence-electron chi connectivity index (χ3n) is 7.40. The first-order chi connectivity index (χ1) is 22.0. The van der Waals surface area contributed by atoms with Gasteiger partial charge in [-0.2, -0.15) is 14.6 Å². The number of benzene rings is 2. The van der Waals surface area contributed by atoms with Crippen molar-refractivity contribution >= 4 is 47.4 Å². The van der Waals surface area contributed by atoms with Crippen molar-refractivity contribution in [1.82, 2.24) is 24.9 Å². The van der Waals surface area contributed by atoms with Gasteiger partial charge in [0.05, 0.1) is 18.7 Å². The summed E-state index contributed by atoms with van der Waals surface area (Å²) in [7, 11) is 1.32. The normalized spacial score (nSPS) is 13.2. The quantitative estimate of drug-likeness (QED) is 0.117. The predicted molar refractivity (Wildman–Crippen MR) is 169 cm³/mol. The number of carboxylic acid groups (broad SMARTS) is 1. The van der Waals surface area contributed by atoms with Crippen LogP contribution in [0.4, 0.5) is 15.8 Å². The minimum atomic E-state index is -1.24. The number of carboxylic acids is 1. The summed E-state index contributed by atoms with van der Waals surface area (Å²) >= 11 is 0. The van der Waals surface area contributed by atoms with E-state index in [9.17, 15) is 33.5 Å². The van der Waals surface area contributed by atoms with Crippen molar-refractivity contribution in [2.24, 2.45) is 5.73 Å². The highest BCUT2D eigenvalue weighted by Gasteiger charge is 2.27. The van der Waals surface area contributed by atoms with Crippen LogP contribution in [0.15, 0.2) is 58.4 Å². The summed E-state index contributed by atoms with van der Waals surface area (Å²) in [6.45, 7) is 0.379. The zero-order valence-electron chi connectivity index (χ0n) is 24.7. The second kappa shape index (κ2) is 14.1. The highest BCUT2D eigenvalue weighted by Crippen LogP contribution is 2.32. The topological polar surface area (TPSA) is 234 Å². The van der Waals surface area contributed by atoms with Crippen molar-refractivity contribution < 1.29 is 28.6 Å². The molecule has 1 amide bonds. The Morgan fingerprint density at radius 1 is 1.13 bits per heavy atom. The van der Waals surface area contributed by atoms with E-state index in [0.717, 1.165) is 27.3 Å². The van der Waals surface area contributed by atoms with Gasteiger partial charge in [0.25, 0.3) is 22.5 Å². The average molecular weight is 667 g/mol. The van der Waals surface area contributed by atoms with Gasteiger partial charge >= 0.3 is 11.9 Å². The fraction of sp³-hybridized carbons (Fsp3) is 0.200. The molecule has 0 unspecified atom stereocenters. The molecule has 15 nitrogen and oxygen atoms in total. The molecule has 2 aromatic heterocycles. The molecule has 0 fully saturated rings. The highest BCUT2D eigenvalue weighted by molar-refractivity contribution is 5.96. The number of nitrogens with two attached hydrogens (primary N) is 2. The van der Waals surface area contributed by atoms with Crippen LogP contribution in [0.5, 0.6) is 0 Å². The number of methoxy groups -OCH3 is 1. The largest absolute Gasteiger partial charge is 0.477 e. The maximum Gasteiger partial charge on any atom is 0.354 e. The lowest BCUT2D eigenvalue weighted by Crippen LogP contribution is -2.37. The molecule has 5 aromatic rings. The van der Waals surface area contributed by atoms with Crippen LogP contribution in [0.1, 0.15) is 66.1 Å². The molecule has 0 saturated carbocycles. The molecule has 0 radical (unpaired) electrons. The molecule has 0 aliphatic heterocycles. The van der Waals surface area contributed by atoms with E-state index in [-0.39, 0.29) is 53.5 Å². The third-order valence-corrected chi connectivity index (χ3v) is 7.40. The average Bonchev–Trinajstić information content (AvgIpc) is 3.71. The van der Waals surface area contributed by atoms with Crippen molar-refractivity contribution in [1.29, 1.82) is 0 Å². The van der Waals surface area contributed by atoms with Gasteiger partial charge in [-0.25, -0.2) is 19.0 Å². The van der Waals surface area contributed by atoms with E-state index in [4.69, 9.17) is 16.2 Å². The zero-order chi connectivity index (χ0) is 33.1. The maximum absolute atomic E-state index is 13.5. The zero-order valence-corrected chi connectivity index (χ0v) is 25.5. The number of hydrogen-bond donors (Lipinski definition) is 5. The summed E-state index contributed by atoms with van der Waals surface area (Å²) in [5.74, 6) is -2.55. The number of halogens is 2. The van der Waals surface area contributed by atoms with Crippen LogP contribution in [-0.2, 0) is 24.2 Å². The van der Waals surface area contributed by atoms with Crippen molar-refractivity contribution in [2.75, 3.05) is 18.2 Å². The Morgan fingerprint density at radius 3 is 2.57 bits per heavy atom. The smallest absolute Gasteiger partial charge is 0.354 e. The van der Waals surface area contributed by atoms with Crippen LogP contribution in [0.3, 0.4) is 0 Å². The summed E-state index contributed by atoms with van der Waals surface area (Å²) in [6.07, 6.45) is 2.52. The van der Waals surface area contributed by atoms with E-state index in [2.05, 4.69) is 25.7 Å². The Kier molecular flexibility index (Phi) is 10.3. The number of amides is 1. The number of nitrogen functional groups attached to an aromatic ring is 1. The van der Waals surface area contributed by atoms with Gasteiger partial charge in [-0.05, 0) is 53.8 Å². The lowest BCUT2D eigenvalue weighted by Gasteiger charge is -2.14. The Morgan fingerprint density at radius 2 is 1.89 bits per heavy atom. The molecule has 1 aliphatic rings. The second-order valence-corrected chi connectivity index (χ2v) is 10.2. The Balaban J connectivity index is 0.000000229. The van der Waals surface area contributed by atoms with Crippen LogP contribution >= 0.6 is 12.4 Å². The minimum absolute atomic E-state index is 0. The first-order valence-corrected chi connectivity index (χ1v) is 13.8. The molecule has 0 saturated heterocycles. The molecule has 7 N–H and O–H groups in total. The monoisotopic (exact) mass is 666 g/mol. The lowest BCUT2D eigenvalue weighted by molar-refractivity contribution is 0.0599. The van der Waals surface area contributed by atoms with Crippen molar-refractivity contribution in [3.05, 3.63) is 114 Å². The molecule has 3 aromatic carbocycles. The number of carbonyl (C=O) groups is 3. The second-order valence-electron chi connectivity index (χ2n) is 10.2. The molecule has 0 spiro atoms. The Hall–Kier alpha value is -5.74. The fourth-order valence-electron chi connectivity index (χ4n) is 4.98. The lowest BCUT2D eigenvalue weighted by atomic mass is 10.0. The molecule has 244 valence electrons. The summed E-state index contributed by atoms with van der Waals surface area (Å²) in [5, 5.41) is 18.7. The summed E-state index contributed by atoms with van der Waals surface area (Å²) in [4.78, 5) is 65.7. The van der Waals surface area contributed by atoms with E-state index in [1.807, 2.05) is 0 Å². The number of carbonyl (C=O) groups excluding carboxylic acids is 2. The summed E-state index contributed by atoms with van der Waals surface area (Å²) in [6, 6.07) is 10.6. The highest BCUT2D eigenvalue weighted by atomic mass is 35.5. The summed E-state index contributed by atoms with van der Waals surface area (Å²) in [5.41, 5.74) is 12.6. The van der Waals surface area contributed by atoms with Gasteiger partial charge < -0.3 is 31.9 Å². The van der Waals surface area contributed by atoms with Gasteiger partial charge in [-0.3, -0.25) is 14.4 Å². The maximum atomic E-state index is 13.5. The SMILES string of the molecule is COC(=O)c1ccc2c(c1)CC[C@@H]2NC(=O)c1cc(C(=O)O)n2ncnc2n1.Cl.NCc1ccc(F)c(CNc2c(N)c(=O)c2=O)c1.